The molecule has 1 aliphatic heterocycles. The third kappa shape index (κ3) is 5.23. The lowest BCUT2D eigenvalue weighted by atomic mass is 10.0. The Morgan fingerprint density at radius 3 is 2.59 bits per heavy atom. The van der Waals surface area contributed by atoms with Gasteiger partial charge >= 0.3 is 0 Å². The first-order valence-electron chi connectivity index (χ1n) is 11.0. The predicted octanol–water partition coefficient (Wildman–Crippen LogP) is 2.95. The van der Waals surface area contributed by atoms with Gasteiger partial charge < -0.3 is 24.4 Å². The Hall–Kier alpha value is -3.37. The molecule has 8 nitrogen and oxygen atoms in total. The zero-order valence-electron chi connectivity index (χ0n) is 19.0. The molecule has 1 saturated heterocycles. The molecule has 0 aliphatic carbocycles. The van der Waals surface area contributed by atoms with Crippen LogP contribution in [0.1, 0.15) is 28.9 Å². The monoisotopic (exact) mass is 472 g/mol. The number of hydrogen-bond donors (Lipinski definition) is 1. The van der Waals surface area contributed by atoms with Gasteiger partial charge in [-0.15, -0.1) is 0 Å². The summed E-state index contributed by atoms with van der Waals surface area (Å²) in [6.07, 6.45) is 0.949. The standard InChI is InChI=1S/C24H26F2N4O4/c1-15(34-19-12-17(25)11-18(26)13-19)20-9-16(24(32)29(2)3-6-31)10-21-23(20)28-22(14-27-21)30-4-7-33-8-5-30/h9-15,31H,3-8H2,1-2H3. The summed E-state index contributed by atoms with van der Waals surface area (Å²) < 4.78 is 38.7. The van der Waals surface area contributed by atoms with Crippen LogP contribution in [0.3, 0.4) is 0 Å². The van der Waals surface area contributed by atoms with Crippen LogP contribution >= 0.6 is 0 Å². The summed E-state index contributed by atoms with van der Waals surface area (Å²) in [6.45, 7) is 4.23. The molecule has 1 unspecified atom stereocenters. The SMILES string of the molecule is CC(Oc1cc(F)cc(F)c1)c1cc(C(=O)N(C)CCO)cc2ncc(N3CCOCC3)nc12. The molecule has 1 amide bonds. The van der Waals surface area contributed by atoms with Crippen LogP contribution in [0.5, 0.6) is 5.75 Å². The van der Waals surface area contributed by atoms with Crippen molar-refractivity contribution in [3.05, 3.63) is 59.3 Å². The number of hydrogen-bond acceptors (Lipinski definition) is 7. The van der Waals surface area contributed by atoms with Crippen molar-refractivity contribution in [3.63, 3.8) is 0 Å². The lowest BCUT2D eigenvalue weighted by Crippen LogP contribution is -2.36. The lowest BCUT2D eigenvalue weighted by molar-refractivity contribution is 0.0767. The zero-order chi connectivity index (χ0) is 24.2. The van der Waals surface area contributed by atoms with E-state index in [1.807, 2.05) is 0 Å². The molecule has 1 N–H and O–H groups in total. The Morgan fingerprint density at radius 1 is 1.21 bits per heavy atom. The van der Waals surface area contributed by atoms with E-state index in [-0.39, 0.29) is 24.8 Å². The number of likely N-dealkylation sites (N-methyl/N-ethyl adjacent to an activating group) is 1. The van der Waals surface area contributed by atoms with Gasteiger partial charge in [0, 0.05) is 56.0 Å². The molecule has 1 atom stereocenters. The third-order valence-corrected chi connectivity index (χ3v) is 5.62. The number of aliphatic hydroxyl groups is 1. The Kier molecular flexibility index (Phi) is 7.18. The highest BCUT2D eigenvalue weighted by Gasteiger charge is 2.22. The first-order chi connectivity index (χ1) is 16.4. The molecule has 1 aliphatic rings. The van der Waals surface area contributed by atoms with Gasteiger partial charge in [0.2, 0.25) is 0 Å². The largest absolute Gasteiger partial charge is 0.486 e. The van der Waals surface area contributed by atoms with Crippen LogP contribution in [-0.4, -0.2) is 72.4 Å². The van der Waals surface area contributed by atoms with E-state index in [9.17, 15) is 18.7 Å². The number of aromatic nitrogens is 2. The quantitative estimate of drug-likeness (QED) is 0.566. The fraction of sp³-hybridized carbons (Fsp3) is 0.375. The maximum absolute atomic E-state index is 13.7. The summed E-state index contributed by atoms with van der Waals surface area (Å²) in [4.78, 5) is 25.7. The van der Waals surface area contributed by atoms with E-state index < -0.39 is 17.7 Å². The number of amides is 1. The average molecular weight is 472 g/mol. The Bertz CT molecular complexity index is 1170. The number of morpholine rings is 1. The smallest absolute Gasteiger partial charge is 0.253 e. The van der Waals surface area contributed by atoms with Gasteiger partial charge in [0.15, 0.2) is 0 Å². The maximum atomic E-state index is 13.7. The van der Waals surface area contributed by atoms with Crippen molar-refractivity contribution in [2.24, 2.45) is 0 Å². The zero-order valence-corrected chi connectivity index (χ0v) is 19.0. The fourth-order valence-electron chi connectivity index (χ4n) is 3.85. The molecular formula is C24H26F2N4O4. The van der Waals surface area contributed by atoms with Crippen LogP contribution < -0.4 is 9.64 Å². The van der Waals surface area contributed by atoms with Gasteiger partial charge in [0.05, 0.1) is 37.1 Å². The third-order valence-electron chi connectivity index (χ3n) is 5.62. The van der Waals surface area contributed by atoms with E-state index >= 15 is 0 Å². The number of carbonyl (C=O) groups excluding carboxylic acids is 1. The van der Waals surface area contributed by atoms with E-state index in [0.29, 0.717) is 54.3 Å². The van der Waals surface area contributed by atoms with Crippen LogP contribution in [0.15, 0.2) is 36.5 Å². The van der Waals surface area contributed by atoms with Crippen molar-refractivity contribution in [3.8, 4) is 5.75 Å². The first kappa shape index (κ1) is 23.8. The molecule has 0 saturated carbocycles. The molecule has 0 bridgehead atoms. The number of ether oxygens (including phenoxy) is 2. The van der Waals surface area contributed by atoms with Gasteiger partial charge in [-0.2, -0.15) is 0 Å². The van der Waals surface area contributed by atoms with Gasteiger partial charge in [-0.05, 0) is 19.1 Å². The number of fused-ring (bicyclic) bond motifs is 1. The molecule has 3 aromatic rings. The van der Waals surface area contributed by atoms with Crippen molar-refractivity contribution in [1.29, 1.82) is 0 Å². The van der Waals surface area contributed by atoms with Crippen molar-refractivity contribution in [1.82, 2.24) is 14.9 Å². The maximum Gasteiger partial charge on any atom is 0.253 e. The molecule has 10 heteroatoms. The van der Waals surface area contributed by atoms with Gasteiger partial charge in [-0.3, -0.25) is 9.78 Å². The summed E-state index contributed by atoms with van der Waals surface area (Å²) in [5, 5.41) is 9.20. The van der Waals surface area contributed by atoms with Crippen molar-refractivity contribution in [2.45, 2.75) is 13.0 Å². The second-order valence-corrected chi connectivity index (χ2v) is 8.08. The molecule has 1 fully saturated rings. The average Bonchev–Trinajstić information content (AvgIpc) is 2.82. The van der Waals surface area contributed by atoms with Crippen LogP contribution in [-0.2, 0) is 4.74 Å². The van der Waals surface area contributed by atoms with Crippen LogP contribution in [0.25, 0.3) is 11.0 Å². The second-order valence-electron chi connectivity index (χ2n) is 8.08. The number of halogens is 2. The lowest BCUT2D eigenvalue weighted by Gasteiger charge is -2.28. The number of rotatable bonds is 7. The minimum Gasteiger partial charge on any atom is -0.486 e. The predicted molar refractivity (Wildman–Crippen MR) is 122 cm³/mol. The summed E-state index contributed by atoms with van der Waals surface area (Å²) in [5.41, 5.74) is 1.89. The summed E-state index contributed by atoms with van der Waals surface area (Å²) in [5.74, 6) is -1.13. The number of anilines is 1. The second kappa shape index (κ2) is 10.3. The van der Waals surface area contributed by atoms with Gasteiger partial charge in [0.1, 0.15) is 29.3 Å². The number of carbonyl (C=O) groups is 1. The van der Waals surface area contributed by atoms with E-state index in [1.54, 1.807) is 32.3 Å². The molecule has 0 spiro atoms. The van der Waals surface area contributed by atoms with Crippen LogP contribution in [0, 0.1) is 11.6 Å². The highest BCUT2D eigenvalue weighted by atomic mass is 19.1. The summed E-state index contributed by atoms with van der Waals surface area (Å²) in [7, 11) is 1.59. The number of benzene rings is 2. The van der Waals surface area contributed by atoms with Crippen molar-refractivity contribution < 1.29 is 28.2 Å². The van der Waals surface area contributed by atoms with Crippen LogP contribution in [0.4, 0.5) is 14.6 Å². The summed E-state index contributed by atoms with van der Waals surface area (Å²) in [6, 6.07) is 6.24. The minimum absolute atomic E-state index is 0.0181. The molecule has 180 valence electrons. The number of aliphatic hydroxyl groups excluding tert-OH is 1. The topological polar surface area (TPSA) is 88.0 Å². The molecule has 1 aromatic heterocycles. The van der Waals surface area contributed by atoms with Gasteiger partial charge in [-0.25, -0.2) is 13.8 Å². The molecule has 2 heterocycles. The number of nitrogens with zero attached hydrogens (tertiary/aromatic N) is 4. The van der Waals surface area contributed by atoms with Crippen molar-refractivity contribution in [2.75, 3.05) is 51.4 Å². The van der Waals surface area contributed by atoms with Gasteiger partial charge in [0.25, 0.3) is 5.91 Å². The first-order valence-corrected chi connectivity index (χ1v) is 11.0. The molecule has 34 heavy (non-hydrogen) atoms. The molecular weight excluding hydrogens is 446 g/mol. The fourth-order valence-corrected chi connectivity index (χ4v) is 3.85. The summed E-state index contributed by atoms with van der Waals surface area (Å²) >= 11 is 0. The molecule has 2 aromatic carbocycles. The highest BCUT2D eigenvalue weighted by Crippen LogP contribution is 2.30. The highest BCUT2D eigenvalue weighted by molar-refractivity contribution is 5.98. The van der Waals surface area contributed by atoms with E-state index in [4.69, 9.17) is 14.5 Å². The molecule has 0 radical (unpaired) electrons. The van der Waals surface area contributed by atoms with Crippen LogP contribution in [0.2, 0.25) is 0 Å². The van der Waals surface area contributed by atoms with E-state index in [2.05, 4.69) is 9.88 Å². The molecule has 4 rings (SSSR count). The van der Waals surface area contributed by atoms with E-state index in [0.717, 1.165) is 18.2 Å². The Morgan fingerprint density at radius 2 is 1.91 bits per heavy atom. The Labute approximate surface area is 195 Å². The van der Waals surface area contributed by atoms with Gasteiger partial charge in [-0.1, -0.05) is 0 Å². The Balaban J connectivity index is 1.77. The van der Waals surface area contributed by atoms with Crippen molar-refractivity contribution >= 4 is 22.8 Å². The van der Waals surface area contributed by atoms with E-state index in [1.165, 1.54) is 4.90 Å². The normalized spacial score (nSPS) is 14.8. The minimum atomic E-state index is -0.754.